The lowest BCUT2D eigenvalue weighted by molar-refractivity contribution is -0.115. The number of thiazole rings is 1. The minimum absolute atomic E-state index is 0.0481. The highest BCUT2D eigenvalue weighted by Crippen LogP contribution is 2.33. The van der Waals surface area contributed by atoms with Crippen LogP contribution in [0.4, 0.5) is 5.69 Å². The SMILES string of the molecule is Cc1ccc(NC(=O)Cc2nc(-c3c[nH]c4ccccc34)c(C)s2)cc1. The maximum atomic E-state index is 12.3. The number of anilines is 1. The Morgan fingerprint density at radius 3 is 2.69 bits per heavy atom. The molecule has 0 unspecified atom stereocenters. The third-order valence-corrected chi connectivity index (χ3v) is 5.30. The van der Waals surface area contributed by atoms with Gasteiger partial charge in [-0.15, -0.1) is 11.3 Å². The van der Waals surface area contributed by atoms with Crippen molar-refractivity contribution in [2.45, 2.75) is 20.3 Å². The molecule has 2 N–H and O–H groups in total. The molecule has 0 aliphatic heterocycles. The second-order valence-corrected chi connectivity index (χ2v) is 7.64. The van der Waals surface area contributed by atoms with E-state index in [9.17, 15) is 4.79 Å². The summed E-state index contributed by atoms with van der Waals surface area (Å²) in [6, 6.07) is 16.0. The third-order valence-electron chi connectivity index (χ3n) is 4.33. The van der Waals surface area contributed by atoms with Gasteiger partial charge >= 0.3 is 0 Å². The molecule has 2 aromatic carbocycles. The largest absolute Gasteiger partial charge is 0.360 e. The average Bonchev–Trinajstić information content (AvgIpc) is 3.20. The number of benzene rings is 2. The van der Waals surface area contributed by atoms with Gasteiger partial charge < -0.3 is 10.3 Å². The highest BCUT2D eigenvalue weighted by atomic mass is 32.1. The number of H-pyrrole nitrogens is 1. The van der Waals surface area contributed by atoms with Gasteiger partial charge in [0.25, 0.3) is 0 Å². The van der Waals surface area contributed by atoms with E-state index in [1.165, 1.54) is 5.56 Å². The van der Waals surface area contributed by atoms with E-state index in [0.717, 1.165) is 37.7 Å². The van der Waals surface area contributed by atoms with Crippen LogP contribution in [0.2, 0.25) is 0 Å². The van der Waals surface area contributed by atoms with E-state index >= 15 is 0 Å². The smallest absolute Gasteiger partial charge is 0.231 e. The Morgan fingerprint density at radius 2 is 1.88 bits per heavy atom. The Bertz CT molecular complexity index is 1080. The summed E-state index contributed by atoms with van der Waals surface area (Å²) < 4.78 is 0. The predicted octanol–water partition coefficient (Wildman–Crippen LogP) is 5.09. The molecule has 0 aliphatic rings. The van der Waals surface area contributed by atoms with Gasteiger partial charge in [-0.05, 0) is 32.0 Å². The molecule has 0 fully saturated rings. The van der Waals surface area contributed by atoms with Crippen molar-refractivity contribution in [3.05, 3.63) is 70.2 Å². The van der Waals surface area contributed by atoms with Crippen LogP contribution in [0.1, 0.15) is 15.4 Å². The lowest BCUT2D eigenvalue weighted by atomic mass is 10.1. The molecular formula is C21H19N3OS. The van der Waals surface area contributed by atoms with Gasteiger partial charge in [-0.1, -0.05) is 35.9 Å². The number of carbonyl (C=O) groups excluding carboxylic acids is 1. The Kier molecular flexibility index (Phi) is 4.31. The van der Waals surface area contributed by atoms with Gasteiger partial charge in [0.05, 0.1) is 12.1 Å². The number of nitrogens with one attached hydrogen (secondary N) is 2. The van der Waals surface area contributed by atoms with Crippen molar-refractivity contribution in [3.63, 3.8) is 0 Å². The zero-order chi connectivity index (χ0) is 18.1. The van der Waals surface area contributed by atoms with Crippen LogP contribution >= 0.6 is 11.3 Å². The molecule has 0 spiro atoms. The van der Waals surface area contributed by atoms with Crippen molar-refractivity contribution in [2.24, 2.45) is 0 Å². The molecule has 2 aromatic heterocycles. The Labute approximate surface area is 155 Å². The Balaban J connectivity index is 1.55. The quantitative estimate of drug-likeness (QED) is 0.532. The van der Waals surface area contributed by atoms with E-state index in [1.807, 2.05) is 49.5 Å². The number of aromatic amines is 1. The number of nitrogens with zero attached hydrogens (tertiary/aromatic N) is 1. The first-order valence-electron chi connectivity index (χ1n) is 8.49. The van der Waals surface area contributed by atoms with Crippen LogP contribution in [-0.2, 0) is 11.2 Å². The number of carbonyl (C=O) groups is 1. The number of aromatic nitrogens is 2. The second-order valence-electron chi connectivity index (χ2n) is 6.35. The number of hydrogen-bond donors (Lipinski definition) is 2. The third kappa shape index (κ3) is 3.26. The summed E-state index contributed by atoms with van der Waals surface area (Å²) in [4.78, 5) is 21.5. The molecule has 1 amide bonds. The molecule has 0 atom stereocenters. The Hall–Kier alpha value is -2.92. The fourth-order valence-electron chi connectivity index (χ4n) is 3.02. The Morgan fingerprint density at radius 1 is 1.12 bits per heavy atom. The van der Waals surface area contributed by atoms with Crippen molar-refractivity contribution in [3.8, 4) is 11.3 Å². The number of hydrogen-bond acceptors (Lipinski definition) is 3. The number of fused-ring (bicyclic) bond motifs is 1. The summed E-state index contributed by atoms with van der Waals surface area (Å²) in [6.07, 6.45) is 2.27. The van der Waals surface area contributed by atoms with Crippen molar-refractivity contribution in [1.29, 1.82) is 0 Å². The molecule has 26 heavy (non-hydrogen) atoms. The molecule has 0 saturated carbocycles. The molecular weight excluding hydrogens is 342 g/mol. The van der Waals surface area contributed by atoms with Crippen LogP contribution in [0.25, 0.3) is 22.2 Å². The van der Waals surface area contributed by atoms with Gasteiger partial charge in [0.2, 0.25) is 5.91 Å². The minimum atomic E-state index is -0.0481. The maximum Gasteiger partial charge on any atom is 0.231 e. The molecule has 0 aliphatic carbocycles. The van der Waals surface area contributed by atoms with Gasteiger partial charge in [0, 0.05) is 33.2 Å². The van der Waals surface area contributed by atoms with E-state index in [1.54, 1.807) is 11.3 Å². The van der Waals surface area contributed by atoms with Gasteiger partial charge in [-0.2, -0.15) is 0 Å². The van der Waals surface area contributed by atoms with Gasteiger partial charge in [-0.25, -0.2) is 4.98 Å². The number of para-hydroxylation sites is 1. The summed E-state index contributed by atoms with van der Waals surface area (Å²) in [5, 5.41) is 4.91. The lowest BCUT2D eigenvalue weighted by Gasteiger charge is -2.04. The van der Waals surface area contributed by atoms with Crippen LogP contribution < -0.4 is 5.32 Å². The van der Waals surface area contributed by atoms with E-state index in [2.05, 4.69) is 29.4 Å². The van der Waals surface area contributed by atoms with Gasteiger partial charge in [0.15, 0.2) is 0 Å². The summed E-state index contributed by atoms with van der Waals surface area (Å²) >= 11 is 1.58. The predicted molar refractivity (Wildman–Crippen MR) is 108 cm³/mol. The van der Waals surface area contributed by atoms with Crippen LogP contribution in [0.3, 0.4) is 0 Å². The maximum absolute atomic E-state index is 12.3. The highest BCUT2D eigenvalue weighted by molar-refractivity contribution is 7.12. The molecule has 4 rings (SSSR count). The monoisotopic (exact) mass is 361 g/mol. The first kappa shape index (κ1) is 16.5. The number of amides is 1. The molecule has 0 radical (unpaired) electrons. The van der Waals surface area contributed by atoms with Crippen LogP contribution in [0.5, 0.6) is 0 Å². The molecule has 4 nitrogen and oxygen atoms in total. The molecule has 2 heterocycles. The summed E-state index contributed by atoms with van der Waals surface area (Å²) in [5.74, 6) is -0.0481. The normalized spacial score (nSPS) is 11.0. The fourth-order valence-corrected chi connectivity index (χ4v) is 3.97. The molecule has 130 valence electrons. The van der Waals surface area contributed by atoms with Crippen molar-refractivity contribution in [2.75, 3.05) is 5.32 Å². The first-order valence-corrected chi connectivity index (χ1v) is 9.31. The van der Waals surface area contributed by atoms with E-state index in [4.69, 9.17) is 4.98 Å². The van der Waals surface area contributed by atoms with E-state index < -0.39 is 0 Å². The topological polar surface area (TPSA) is 57.8 Å². The molecule has 0 bridgehead atoms. The molecule has 5 heteroatoms. The van der Waals surface area contributed by atoms with Gasteiger partial charge in [-0.3, -0.25) is 4.79 Å². The zero-order valence-electron chi connectivity index (χ0n) is 14.7. The standard InChI is InChI=1S/C21H19N3OS/c1-13-7-9-15(10-8-13)23-19(25)11-20-24-21(14(2)26-20)17-12-22-18-6-4-3-5-16(17)18/h3-10,12,22H,11H2,1-2H3,(H,23,25). The average molecular weight is 361 g/mol. The number of aryl methyl sites for hydroxylation is 2. The number of rotatable bonds is 4. The van der Waals surface area contributed by atoms with Crippen LogP contribution in [0.15, 0.2) is 54.7 Å². The summed E-state index contributed by atoms with van der Waals surface area (Å²) in [6.45, 7) is 4.08. The minimum Gasteiger partial charge on any atom is -0.360 e. The van der Waals surface area contributed by atoms with Crippen LogP contribution in [0, 0.1) is 13.8 Å². The van der Waals surface area contributed by atoms with Crippen LogP contribution in [-0.4, -0.2) is 15.9 Å². The first-order chi connectivity index (χ1) is 12.6. The van der Waals surface area contributed by atoms with Crippen molar-refractivity contribution in [1.82, 2.24) is 9.97 Å². The fraction of sp³-hybridized carbons (Fsp3) is 0.143. The molecule has 0 saturated heterocycles. The van der Waals surface area contributed by atoms with E-state index in [-0.39, 0.29) is 12.3 Å². The van der Waals surface area contributed by atoms with Gasteiger partial charge in [0.1, 0.15) is 5.01 Å². The van der Waals surface area contributed by atoms with E-state index in [0.29, 0.717) is 0 Å². The summed E-state index contributed by atoms with van der Waals surface area (Å²) in [5.41, 5.74) is 5.10. The molecule has 4 aromatic rings. The second kappa shape index (κ2) is 6.77. The summed E-state index contributed by atoms with van der Waals surface area (Å²) in [7, 11) is 0. The van der Waals surface area contributed by atoms with Crippen molar-refractivity contribution < 1.29 is 4.79 Å². The lowest BCUT2D eigenvalue weighted by Crippen LogP contribution is -2.14. The highest BCUT2D eigenvalue weighted by Gasteiger charge is 2.15. The zero-order valence-corrected chi connectivity index (χ0v) is 15.5. The van der Waals surface area contributed by atoms with Crippen molar-refractivity contribution >= 4 is 33.8 Å².